The van der Waals surface area contributed by atoms with Gasteiger partial charge in [-0.2, -0.15) is 4.31 Å². The molecule has 134 valence electrons. The Morgan fingerprint density at radius 2 is 1.88 bits per heavy atom. The molecule has 2 saturated heterocycles. The monoisotopic (exact) mass is 368 g/mol. The average Bonchev–Trinajstić information content (AvgIpc) is 2.86. The van der Waals surface area contributed by atoms with Gasteiger partial charge in [0, 0.05) is 18.8 Å². The van der Waals surface area contributed by atoms with Gasteiger partial charge in [0.2, 0.25) is 15.9 Å². The maximum absolute atomic E-state index is 12.5. The van der Waals surface area contributed by atoms with Crippen LogP contribution in [-0.2, 0) is 19.6 Å². The quantitative estimate of drug-likeness (QED) is 0.709. The lowest BCUT2D eigenvalue weighted by molar-refractivity contribution is -0.128. The molecule has 2 aliphatic heterocycles. The molecule has 0 radical (unpaired) electrons. The Labute approximate surface area is 143 Å². The molecule has 0 saturated carbocycles. The van der Waals surface area contributed by atoms with Crippen LogP contribution in [0.25, 0.3) is 0 Å². The van der Waals surface area contributed by atoms with Crippen LogP contribution < -0.4 is 10.6 Å². The Hall–Kier alpha value is -2.66. The number of carbonyl (C=O) groups excluding carboxylic acids is 3. The third-order valence-corrected chi connectivity index (χ3v) is 5.84. The number of anilines is 1. The Bertz CT molecular complexity index is 800. The van der Waals surface area contributed by atoms with Crippen LogP contribution in [0.5, 0.6) is 0 Å². The van der Waals surface area contributed by atoms with Crippen molar-refractivity contribution in [3.63, 3.8) is 0 Å². The Morgan fingerprint density at radius 3 is 2.40 bits per heavy atom. The number of rotatable bonds is 4. The van der Waals surface area contributed by atoms with Gasteiger partial charge in [0.25, 0.3) is 0 Å². The summed E-state index contributed by atoms with van der Waals surface area (Å²) in [7, 11) is -2.51. The fourth-order valence-electron chi connectivity index (χ4n) is 2.61. The summed E-state index contributed by atoms with van der Waals surface area (Å²) in [4.78, 5) is 35.4. The number of hydrogen-bond acceptors (Lipinski definition) is 6. The highest BCUT2D eigenvalue weighted by atomic mass is 32.2. The van der Waals surface area contributed by atoms with Gasteiger partial charge >= 0.3 is 12.1 Å². The van der Waals surface area contributed by atoms with Crippen LogP contribution >= 0.6 is 0 Å². The molecule has 0 unspecified atom stereocenters. The number of carbonyl (C=O) groups is 3. The summed E-state index contributed by atoms with van der Waals surface area (Å²) in [5, 5.41) is 4.83. The molecule has 0 spiro atoms. The summed E-state index contributed by atoms with van der Waals surface area (Å²) in [6.45, 7) is 0.0596. The zero-order valence-corrected chi connectivity index (χ0v) is 14.1. The molecule has 1 aromatic rings. The zero-order chi connectivity index (χ0) is 18.2. The van der Waals surface area contributed by atoms with Gasteiger partial charge in [0.15, 0.2) is 0 Å². The predicted molar refractivity (Wildman–Crippen MR) is 85.3 cm³/mol. The molecule has 2 fully saturated rings. The topological polar surface area (TPSA) is 125 Å². The van der Waals surface area contributed by atoms with Crippen molar-refractivity contribution in [2.24, 2.45) is 0 Å². The molecule has 2 aliphatic rings. The molecule has 3 rings (SSSR count). The molecule has 4 amide bonds. The summed E-state index contributed by atoms with van der Waals surface area (Å²) in [5.74, 6) is -0.356. The summed E-state index contributed by atoms with van der Waals surface area (Å²) in [6, 6.07) is 4.66. The Kier molecular flexibility index (Phi) is 4.35. The number of ether oxygens (including phenoxy) is 1. The van der Waals surface area contributed by atoms with Gasteiger partial charge in [-0.05, 0) is 24.3 Å². The molecule has 0 atom stereocenters. The lowest BCUT2D eigenvalue weighted by Gasteiger charge is -2.41. The summed E-state index contributed by atoms with van der Waals surface area (Å²) >= 11 is 0. The molecular weight excluding hydrogens is 352 g/mol. The molecule has 1 aromatic carbocycles. The van der Waals surface area contributed by atoms with Crippen LogP contribution in [-0.4, -0.2) is 68.4 Å². The first-order valence-corrected chi connectivity index (χ1v) is 8.82. The van der Waals surface area contributed by atoms with Crippen molar-refractivity contribution < 1.29 is 27.5 Å². The first kappa shape index (κ1) is 17.2. The number of urea groups is 1. The molecule has 0 bridgehead atoms. The van der Waals surface area contributed by atoms with E-state index in [0.29, 0.717) is 5.69 Å². The smallest absolute Gasteiger partial charge is 0.411 e. The van der Waals surface area contributed by atoms with Crippen LogP contribution in [0.4, 0.5) is 15.3 Å². The summed E-state index contributed by atoms with van der Waals surface area (Å²) in [6.07, 6.45) is -0.658. The van der Waals surface area contributed by atoms with E-state index in [1.54, 1.807) is 0 Å². The Morgan fingerprint density at radius 1 is 1.24 bits per heavy atom. The maximum atomic E-state index is 12.5. The number of imide groups is 1. The standard InChI is InChI=1S/C14H16N4O6S/c1-24-14(21)16-9-2-4-11(5-3-9)25(22,23)17-7-10(8-17)18-12(19)6-15-13(18)20/h2-5,10H,6-8H2,1H3,(H,15,20)(H,16,21). The van der Waals surface area contributed by atoms with Gasteiger partial charge < -0.3 is 10.1 Å². The first-order valence-electron chi connectivity index (χ1n) is 7.38. The fraction of sp³-hybridized carbons (Fsp3) is 0.357. The minimum atomic E-state index is -3.73. The summed E-state index contributed by atoms with van der Waals surface area (Å²) in [5.41, 5.74) is 0.395. The van der Waals surface area contributed by atoms with Crippen LogP contribution in [0, 0.1) is 0 Å². The number of sulfonamides is 1. The largest absolute Gasteiger partial charge is 0.453 e. The highest BCUT2D eigenvalue weighted by Gasteiger charge is 2.45. The molecule has 11 heteroatoms. The van der Waals surface area contributed by atoms with E-state index in [-0.39, 0.29) is 30.4 Å². The van der Waals surface area contributed by atoms with Crippen LogP contribution in [0.1, 0.15) is 0 Å². The predicted octanol–water partition coefficient (Wildman–Crippen LogP) is -0.210. The minimum absolute atomic E-state index is 0.0542. The van der Waals surface area contributed by atoms with Crippen LogP contribution in [0.15, 0.2) is 29.2 Å². The number of benzene rings is 1. The second kappa shape index (κ2) is 6.33. The van der Waals surface area contributed by atoms with Crippen LogP contribution in [0.3, 0.4) is 0 Å². The van der Waals surface area contributed by atoms with E-state index in [1.807, 2.05) is 0 Å². The maximum Gasteiger partial charge on any atom is 0.411 e. The number of amides is 4. The lowest BCUT2D eigenvalue weighted by atomic mass is 10.1. The molecule has 0 aromatic heterocycles. The van der Waals surface area contributed by atoms with Gasteiger partial charge in [-0.1, -0.05) is 0 Å². The van der Waals surface area contributed by atoms with Crippen molar-refractivity contribution >= 4 is 33.7 Å². The summed E-state index contributed by atoms with van der Waals surface area (Å²) < 4.78 is 30.7. The van der Waals surface area contributed by atoms with E-state index < -0.39 is 28.2 Å². The Balaban J connectivity index is 1.66. The van der Waals surface area contributed by atoms with Crippen molar-refractivity contribution in [2.75, 3.05) is 32.1 Å². The van der Waals surface area contributed by atoms with Gasteiger partial charge in [-0.3, -0.25) is 15.0 Å². The average molecular weight is 368 g/mol. The zero-order valence-electron chi connectivity index (χ0n) is 13.3. The SMILES string of the molecule is COC(=O)Nc1ccc(S(=O)(=O)N2CC(N3C(=O)CNC3=O)C2)cc1. The van der Waals surface area contributed by atoms with Gasteiger partial charge in [0.05, 0.1) is 24.6 Å². The van der Waals surface area contributed by atoms with E-state index in [4.69, 9.17) is 0 Å². The van der Waals surface area contributed by atoms with E-state index in [9.17, 15) is 22.8 Å². The van der Waals surface area contributed by atoms with Crippen molar-refractivity contribution in [1.29, 1.82) is 0 Å². The van der Waals surface area contributed by atoms with Gasteiger partial charge in [-0.15, -0.1) is 0 Å². The second-order valence-corrected chi connectivity index (χ2v) is 7.48. The molecular formula is C14H16N4O6S. The highest BCUT2D eigenvalue weighted by Crippen LogP contribution is 2.26. The highest BCUT2D eigenvalue weighted by molar-refractivity contribution is 7.89. The number of methoxy groups -OCH3 is 1. The molecule has 25 heavy (non-hydrogen) atoms. The number of nitrogens with one attached hydrogen (secondary N) is 2. The van der Waals surface area contributed by atoms with E-state index in [0.717, 1.165) is 4.90 Å². The first-order chi connectivity index (χ1) is 11.8. The van der Waals surface area contributed by atoms with Gasteiger partial charge in [-0.25, -0.2) is 18.0 Å². The minimum Gasteiger partial charge on any atom is -0.453 e. The van der Waals surface area contributed by atoms with Crippen molar-refractivity contribution in [1.82, 2.24) is 14.5 Å². The van der Waals surface area contributed by atoms with Crippen LogP contribution in [0.2, 0.25) is 0 Å². The molecule has 2 heterocycles. The normalized spacial score (nSPS) is 18.7. The third-order valence-electron chi connectivity index (χ3n) is 4.00. The number of nitrogens with zero attached hydrogens (tertiary/aromatic N) is 2. The second-order valence-electron chi connectivity index (χ2n) is 5.54. The van der Waals surface area contributed by atoms with E-state index >= 15 is 0 Å². The van der Waals surface area contributed by atoms with Crippen molar-refractivity contribution in [2.45, 2.75) is 10.9 Å². The van der Waals surface area contributed by atoms with E-state index in [2.05, 4.69) is 15.4 Å². The molecule has 10 nitrogen and oxygen atoms in total. The molecule has 2 N–H and O–H groups in total. The van der Waals surface area contributed by atoms with E-state index in [1.165, 1.54) is 35.7 Å². The number of hydrogen-bond donors (Lipinski definition) is 2. The molecule has 0 aliphatic carbocycles. The third kappa shape index (κ3) is 3.15. The van der Waals surface area contributed by atoms with Gasteiger partial charge in [0.1, 0.15) is 0 Å². The lowest BCUT2D eigenvalue weighted by Crippen LogP contribution is -2.62. The fourth-order valence-corrected chi connectivity index (χ4v) is 4.12. The van der Waals surface area contributed by atoms with Crippen molar-refractivity contribution in [3.05, 3.63) is 24.3 Å². The van der Waals surface area contributed by atoms with Crippen molar-refractivity contribution in [3.8, 4) is 0 Å².